The van der Waals surface area contributed by atoms with Crippen LogP contribution in [0.1, 0.15) is 6.42 Å². The lowest BCUT2D eigenvalue weighted by Crippen LogP contribution is -2.40. The number of carbonyl (C=O) groups excluding carboxylic acids is 2. The fourth-order valence-corrected chi connectivity index (χ4v) is 2.77. The first-order valence-electron chi connectivity index (χ1n) is 8.80. The molecule has 0 aliphatic carbocycles. The lowest BCUT2D eigenvalue weighted by molar-refractivity contribution is -0.133. The SMILES string of the molecule is O=C(COc1ccc(F)cc1)N1CCCN(C(=O)Oc2ccccc2)CC1. The summed E-state index contributed by atoms with van der Waals surface area (Å²) in [4.78, 5) is 27.9. The molecule has 0 aromatic heterocycles. The van der Waals surface area contributed by atoms with Crippen molar-refractivity contribution in [1.29, 1.82) is 0 Å². The predicted octanol–water partition coefficient (Wildman–Crippen LogP) is 2.94. The second kappa shape index (κ2) is 9.02. The van der Waals surface area contributed by atoms with Gasteiger partial charge >= 0.3 is 6.09 Å². The van der Waals surface area contributed by atoms with Gasteiger partial charge in [-0.2, -0.15) is 0 Å². The van der Waals surface area contributed by atoms with Crippen LogP contribution in [0.5, 0.6) is 11.5 Å². The topological polar surface area (TPSA) is 59.1 Å². The average Bonchev–Trinajstić information content (AvgIpc) is 2.94. The molecule has 7 heteroatoms. The van der Waals surface area contributed by atoms with Gasteiger partial charge in [0, 0.05) is 26.2 Å². The Hall–Kier alpha value is -3.09. The first-order chi connectivity index (χ1) is 13.1. The maximum absolute atomic E-state index is 12.9. The highest BCUT2D eigenvalue weighted by Gasteiger charge is 2.23. The predicted molar refractivity (Wildman–Crippen MR) is 97.1 cm³/mol. The third kappa shape index (κ3) is 5.44. The maximum atomic E-state index is 12.9. The van der Waals surface area contributed by atoms with E-state index in [9.17, 15) is 14.0 Å². The molecular formula is C20H21FN2O4. The van der Waals surface area contributed by atoms with Crippen molar-refractivity contribution in [3.8, 4) is 11.5 Å². The average molecular weight is 372 g/mol. The van der Waals surface area contributed by atoms with Gasteiger partial charge in [-0.1, -0.05) is 18.2 Å². The highest BCUT2D eigenvalue weighted by Crippen LogP contribution is 2.13. The van der Waals surface area contributed by atoms with Gasteiger partial charge in [-0.15, -0.1) is 0 Å². The molecule has 0 unspecified atom stereocenters. The van der Waals surface area contributed by atoms with Gasteiger partial charge in [0.05, 0.1) is 0 Å². The zero-order chi connectivity index (χ0) is 19.1. The molecule has 0 spiro atoms. The third-order valence-corrected chi connectivity index (χ3v) is 4.23. The first kappa shape index (κ1) is 18.7. The molecule has 2 aromatic rings. The highest BCUT2D eigenvalue weighted by molar-refractivity contribution is 5.78. The van der Waals surface area contributed by atoms with Crippen molar-refractivity contribution in [2.75, 3.05) is 32.8 Å². The number of hydrogen-bond acceptors (Lipinski definition) is 4. The van der Waals surface area contributed by atoms with Crippen LogP contribution in [0.4, 0.5) is 9.18 Å². The Balaban J connectivity index is 1.47. The summed E-state index contributed by atoms with van der Waals surface area (Å²) in [6, 6.07) is 14.4. The molecule has 1 fully saturated rings. The number of benzene rings is 2. The van der Waals surface area contributed by atoms with Crippen LogP contribution < -0.4 is 9.47 Å². The number of rotatable bonds is 4. The quantitative estimate of drug-likeness (QED) is 0.828. The summed E-state index contributed by atoms with van der Waals surface area (Å²) in [7, 11) is 0. The number of nitrogens with zero attached hydrogens (tertiary/aromatic N) is 2. The molecule has 6 nitrogen and oxygen atoms in total. The van der Waals surface area contributed by atoms with Crippen LogP contribution >= 0.6 is 0 Å². The molecule has 142 valence electrons. The number of para-hydroxylation sites is 1. The summed E-state index contributed by atoms with van der Waals surface area (Å²) in [6.07, 6.45) is 0.240. The molecule has 0 atom stereocenters. The minimum Gasteiger partial charge on any atom is -0.484 e. The van der Waals surface area contributed by atoms with Gasteiger partial charge in [-0.05, 0) is 42.8 Å². The Labute approximate surface area is 157 Å². The minimum absolute atomic E-state index is 0.125. The fraction of sp³-hybridized carbons (Fsp3) is 0.300. The van der Waals surface area contributed by atoms with E-state index in [1.165, 1.54) is 24.3 Å². The summed E-state index contributed by atoms with van der Waals surface area (Å²) in [6.45, 7) is 1.75. The third-order valence-electron chi connectivity index (χ3n) is 4.23. The van der Waals surface area contributed by atoms with Crippen molar-refractivity contribution in [1.82, 2.24) is 9.80 Å². The Morgan fingerprint density at radius 3 is 2.26 bits per heavy atom. The maximum Gasteiger partial charge on any atom is 0.415 e. The molecule has 0 N–H and O–H groups in total. The van der Waals surface area contributed by atoms with E-state index in [4.69, 9.17) is 9.47 Å². The molecule has 0 saturated carbocycles. The van der Waals surface area contributed by atoms with Crippen LogP contribution in [0.25, 0.3) is 0 Å². The molecule has 0 bridgehead atoms. The fourth-order valence-electron chi connectivity index (χ4n) is 2.77. The number of ether oxygens (including phenoxy) is 2. The van der Waals surface area contributed by atoms with Crippen molar-refractivity contribution in [3.63, 3.8) is 0 Å². The van der Waals surface area contributed by atoms with Crippen LogP contribution in [0, 0.1) is 5.82 Å². The van der Waals surface area contributed by atoms with E-state index in [1.54, 1.807) is 34.1 Å². The summed E-state index contributed by atoms with van der Waals surface area (Å²) in [5, 5.41) is 0. The molecule has 27 heavy (non-hydrogen) atoms. The summed E-state index contributed by atoms with van der Waals surface area (Å²) in [5.74, 6) is 0.404. The van der Waals surface area contributed by atoms with Crippen molar-refractivity contribution < 1.29 is 23.5 Å². The Bertz CT molecular complexity index is 767. The number of amides is 2. The Morgan fingerprint density at radius 2 is 1.52 bits per heavy atom. The van der Waals surface area contributed by atoms with Gasteiger partial charge in [0.1, 0.15) is 17.3 Å². The first-order valence-corrected chi connectivity index (χ1v) is 8.80. The summed E-state index contributed by atoms with van der Waals surface area (Å²) in [5.41, 5.74) is 0. The van der Waals surface area contributed by atoms with Gasteiger partial charge in [0.15, 0.2) is 6.61 Å². The number of halogens is 1. The molecule has 2 amide bonds. The van der Waals surface area contributed by atoms with Crippen LogP contribution in [0.3, 0.4) is 0 Å². The smallest absolute Gasteiger partial charge is 0.415 e. The monoisotopic (exact) mass is 372 g/mol. The molecule has 3 rings (SSSR count). The zero-order valence-corrected chi connectivity index (χ0v) is 14.8. The van der Waals surface area contributed by atoms with Crippen LogP contribution in [-0.2, 0) is 4.79 Å². The van der Waals surface area contributed by atoms with Crippen molar-refractivity contribution in [3.05, 3.63) is 60.4 Å². The van der Waals surface area contributed by atoms with Crippen molar-refractivity contribution in [2.24, 2.45) is 0 Å². The van der Waals surface area contributed by atoms with E-state index in [0.29, 0.717) is 44.1 Å². The van der Waals surface area contributed by atoms with Gasteiger partial charge < -0.3 is 19.3 Å². The van der Waals surface area contributed by atoms with Crippen molar-refractivity contribution in [2.45, 2.75) is 6.42 Å². The zero-order valence-electron chi connectivity index (χ0n) is 14.8. The van der Waals surface area contributed by atoms with Crippen LogP contribution in [-0.4, -0.2) is 54.6 Å². The van der Waals surface area contributed by atoms with Gasteiger partial charge in [-0.3, -0.25) is 4.79 Å². The van der Waals surface area contributed by atoms with Gasteiger partial charge in [-0.25, -0.2) is 9.18 Å². The second-order valence-electron chi connectivity index (χ2n) is 6.15. The molecule has 1 aliphatic rings. The molecule has 1 aliphatic heterocycles. The Kier molecular flexibility index (Phi) is 6.25. The van der Waals surface area contributed by atoms with Crippen molar-refractivity contribution >= 4 is 12.0 Å². The second-order valence-corrected chi connectivity index (χ2v) is 6.15. The van der Waals surface area contributed by atoms with Crippen LogP contribution in [0.15, 0.2) is 54.6 Å². The normalized spacial score (nSPS) is 14.4. The minimum atomic E-state index is -0.418. The van der Waals surface area contributed by atoms with E-state index >= 15 is 0 Å². The lowest BCUT2D eigenvalue weighted by Gasteiger charge is -2.22. The largest absolute Gasteiger partial charge is 0.484 e. The van der Waals surface area contributed by atoms with E-state index in [-0.39, 0.29) is 18.3 Å². The standard InChI is InChI=1S/C20H21FN2O4/c21-16-7-9-17(10-8-16)26-15-19(24)22-11-4-12-23(14-13-22)20(25)27-18-5-2-1-3-6-18/h1-3,5-10H,4,11-15H2. The molecular weight excluding hydrogens is 351 g/mol. The van der Waals surface area contributed by atoms with Gasteiger partial charge in [0.2, 0.25) is 0 Å². The lowest BCUT2D eigenvalue weighted by atomic mass is 10.3. The van der Waals surface area contributed by atoms with E-state index in [2.05, 4.69) is 0 Å². The van der Waals surface area contributed by atoms with E-state index < -0.39 is 6.09 Å². The Morgan fingerprint density at radius 1 is 0.852 bits per heavy atom. The highest BCUT2D eigenvalue weighted by atomic mass is 19.1. The number of hydrogen-bond donors (Lipinski definition) is 0. The van der Waals surface area contributed by atoms with Crippen LogP contribution in [0.2, 0.25) is 0 Å². The summed E-state index contributed by atoms with van der Waals surface area (Å²) < 4.78 is 23.6. The molecule has 2 aromatic carbocycles. The molecule has 1 heterocycles. The summed E-state index contributed by atoms with van der Waals surface area (Å²) >= 11 is 0. The number of carbonyl (C=O) groups is 2. The molecule has 0 radical (unpaired) electrons. The van der Waals surface area contributed by atoms with E-state index in [1.807, 2.05) is 6.07 Å². The molecule has 1 saturated heterocycles. The van der Waals surface area contributed by atoms with Gasteiger partial charge in [0.25, 0.3) is 5.91 Å². The van der Waals surface area contributed by atoms with E-state index in [0.717, 1.165) is 0 Å².